The molecule has 3 heteroatoms. The van der Waals surface area contributed by atoms with Crippen LogP contribution in [0.1, 0.15) is 16.7 Å². The van der Waals surface area contributed by atoms with Crippen LogP contribution < -0.4 is 0 Å². The smallest absolute Gasteiger partial charge is 0.336 e. The minimum atomic E-state index is -0.828. The van der Waals surface area contributed by atoms with Gasteiger partial charge in [0.15, 0.2) is 0 Å². The lowest BCUT2D eigenvalue weighted by Gasteiger charge is -2.21. The van der Waals surface area contributed by atoms with Gasteiger partial charge in [0.25, 0.3) is 0 Å². The molecule has 1 N–H and O–H groups in total. The van der Waals surface area contributed by atoms with Crippen molar-refractivity contribution in [2.24, 2.45) is 0 Å². The quantitative estimate of drug-likeness (QED) is 0.767. The molecule has 0 fully saturated rings. The largest absolute Gasteiger partial charge is 0.478 e. The number of halogens is 1. The van der Waals surface area contributed by atoms with E-state index < -0.39 is 5.97 Å². The van der Waals surface area contributed by atoms with Crippen molar-refractivity contribution in [3.05, 3.63) is 41.0 Å². The van der Waals surface area contributed by atoms with Gasteiger partial charge in [0.2, 0.25) is 0 Å². The van der Waals surface area contributed by atoms with Gasteiger partial charge < -0.3 is 5.11 Å². The summed E-state index contributed by atoms with van der Waals surface area (Å²) in [5.74, 6) is -0.828. The van der Waals surface area contributed by atoms with Crippen LogP contribution in [0.2, 0.25) is 0 Å². The summed E-state index contributed by atoms with van der Waals surface area (Å²) >= 11 is 0. The third kappa shape index (κ3) is 0.836. The van der Waals surface area contributed by atoms with E-state index in [1.165, 1.54) is 0 Å². The van der Waals surface area contributed by atoms with Crippen LogP contribution in [0.15, 0.2) is 24.3 Å². The summed E-state index contributed by atoms with van der Waals surface area (Å²) in [7, 11) is 0. The maximum Gasteiger partial charge on any atom is 0.336 e. The molecular formula is C11H7ClO2. The first-order valence-corrected chi connectivity index (χ1v) is 4.08. The van der Waals surface area contributed by atoms with Gasteiger partial charge in [-0.25, -0.2) is 4.79 Å². The summed E-state index contributed by atoms with van der Waals surface area (Å²) in [4.78, 5) is 10.8. The first-order chi connectivity index (χ1) is 6.29. The van der Waals surface area contributed by atoms with E-state index in [4.69, 9.17) is 5.11 Å². The van der Waals surface area contributed by atoms with Gasteiger partial charge in [0, 0.05) is 0 Å². The summed E-state index contributed by atoms with van der Waals surface area (Å²) in [6, 6.07) is 5.75. The Balaban J connectivity index is 0.000000750. The molecule has 0 bridgehead atoms. The molecule has 2 aliphatic rings. The fourth-order valence-corrected chi connectivity index (χ4v) is 2.00. The van der Waals surface area contributed by atoms with Crippen LogP contribution >= 0.6 is 12.4 Å². The highest BCUT2D eigenvalue weighted by molar-refractivity contribution is 6.34. The molecule has 0 spiro atoms. The Bertz CT molecular complexity index is 498. The zero-order valence-electron chi connectivity index (χ0n) is 7.15. The number of hydrogen-bond donors (Lipinski definition) is 1. The molecule has 0 radical (unpaired) electrons. The molecule has 0 saturated carbocycles. The molecule has 0 aromatic heterocycles. The summed E-state index contributed by atoms with van der Waals surface area (Å²) < 4.78 is 0. The van der Waals surface area contributed by atoms with E-state index in [0.717, 1.165) is 22.3 Å². The molecule has 0 heterocycles. The molecule has 2 aliphatic carbocycles. The number of carbonyl (C=O) groups is 1. The second-order valence-electron chi connectivity index (χ2n) is 3.20. The average molecular weight is 207 g/mol. The SMILES string of the molecule is Cl.O=C(O)C1=C2C=Cc3cccc1c32. The van der Waals surface area contributed by atoms with Gasteiger partial charge in [-0.15, -0.1) is 12.4 Å². The number of carboxylic acid groups (broad SMARTS) is 1. The fraction of sp³-hybridized carbons (Fsp3) is 0. The Morgan fingerprint density at radius 1 is 1.21 bits per heavy atom. The van der Waals surface area contributed by atoms with E-state index in [9.17, 15) is 4.79 Å². The Morgan fingerprint density at radius 3 is 2.71 bits per heavy atom. The molecule has 70 valence electrons. The van der Waals surface area contributed by atoms with Crippen molar-refractivity contribution in [2.75, 3.05) is 0 Å². The van der Waals surface area contributed by atoms with Crippen molar-refractivity contribution in [3.8, 4) is 0 Å². The molecule has 3 rings (SSSR count). The predicted molar refractivity (Wildman–Crippen MR) is 57.2 cm³/mol. The van der Waals surface area contributed by atoms with Crippen LogP contribution in [-0.2, 0) is 4.79 Å². The van der Waals surface area contributed by atoms with Gasteiger partial charge in [-0.2, -0.15) is 0 Å². The van der Waals surface area contributed by atoms with Crippen molar-refractivity contribution in [2.45, 2.75) is 0 Å². The van der Waals surface area contributed by atoms with Crippen LogP contribution in [0, 0.1) is 0 Å². The van der Waals surface area contributed by atoms with Gasteiger partial charge >= 0.3 is 5.97 Å². The minimum Gasteiger partial charge on any atom is -0.478 e. The average Bonchev–Trinajstić information content (AvgIpc) is 2.43. The second-order valence-corrected chi connectivity index (χ2v) is 3.20. The lowest BCUT2D eigenvalue weighted by Crippen LogP contribution is -2.12. The Kier molecular flexibility index (Phi) is 1.76. The second kappa shape index (κ2) is 2.72. The Hall–Kier alpha value is -1.54. The van der Waals surface area contributed by atoms with Crippen molar-refractivity contribution >= 4 is 35.6 Å². The van der Waals surface area contributed by atoms with Crippen molar-refractivity contribution in [3.63, 3.8) is 0 Å². The van der Waals surface area contributed by atoms with Crippen molar-refractivity contribution in [1.82, 2.24) is 0 Å². The molecule has 0 unspecified atom stereocenters. The lowest BCUT2D eigenvalue weighted by molar-refractivity contribution is -0.130. The van der Waals surface area contributed by atoms with Crippen molar-refractivity contribution in [1.29, 1.82) is 0 Å². The standard InChI is InChI=1S/C11H6O2.ClH/c12-11(13)10-7-3-1-2-6-4-5-8(10)9(6)7;/h1-5H,(H,12,13);1H. The zero-order valence-corrected chi connectivity index (χ0v) is 7.97. The number of hydrogen-bond acceptors (Lipinski definition) is 1. The van der Waals surface area contributed by atoms with Crippen LogP contribution in [0.3, 0.4) is 0 Å². The Morgan fingerprint density at radius 2 is 2.00 bits per heavy atom. The summed E-state index contributed by atoms with van der Waals surface area (Å²) in [6.45, 7) is 0. The number of aliphatic carboxylic acids is 1. The van der Waals surface area contributed by atoms with E-state index in [0.29, 0.717) is 5.57 Å². The minimum absolute atomic E-state index is 0. The zero-order chi connectivity index (χ0) is 9.00. The normalized spacial score (nSPS) is 14.6. The molecule has 2 nitrogen and oxygen atoms in total. The van der Waals surface area contributed by atoms with Crippen LogP contribution in [0.5, 0.6) is 0 Å². The monoisotopic (exact) mass is 206 g/mol. The fourth-order valence-electron chi connectivity index (χ4n) is 2.00. The van der Waals surface area contributed by atoms with Gasteiger partial charge in [0.05, 0.1) is 5.57 Å². The summed E-state index contributed by atoms with van der Waals surface area (Å²) in [6.07, 6.45) is 3.84. The van der Waals surface area contributed by atoms with Crippen LogP contribution in [0.4, 0.5) is 0 Å². The van der Waals surface area contributed by atoms with E-state index in [2.05, 4.69) is 0 Å². The molecule has 1 aromatic rings. The Labute approximate surface area is 87.0 Å². The van der Waals surface area contributed by atoms with E-state index in [1.807, 2.05) is 30.4 Å². The lowest BCUT2D eigenvalue weighted by atomic mass is 9.81. The third-order valence-corrected chi connectivity index (χ3v) is 2.55. The van der Waals surface area contributed by atoms with E-state index in [-0.39, 0.29) is 12.4 Å². The molecular weight excluding hydrogens is 200 g/mol. The highest BCUT2D eigenvalue weighted by atomic mass is 35.5. The van der Waals surface area contributed by atoms with Crippen LogP contribution in [0.25, 0.3) is 17.2 Å². The highest BCUT2D eigenvalue weighted by Crippen LogP contribution is 2.47. The molecule has 0 aliphatic heterocycles. The van der Waals surface area contributed by atoms with Gasteiger partial charge in [-0.05, 0) is 22.3 Å². The van der Waals surface area contributed by atoms with E-state index >= 15 is 0 Å². The maximum atomic E-state index is 10.8. The van der Waals surface area contributed by atoms with Gasteiger partial charge in [-0.3, -0.25) is 0 Å². The highest BCUT2D eigenvalue weighted by Gasteiger charge is 2.32. The van der Waals surface area contributed by atoms with Crippen molar-refractivity contribution < 1.29 is 9.90 Å². The molecule has 0 amide bonds. The molecule has 14 heavy (non-hydrogen) atoms. The summed E-state index contributed by atoms with van der Waals surface area (Å²) in [5, 5.41) is 8.91. The first kappa shape index (κ1) is 9.03. The van der Waals surface area contributed by atoms with Gasteiger partial charge in [-0.1, -0.05) is 30.4 Å². The van der Waals surface area contributed by atoms with E-state index in [1.54, 1.807) is 0 Å². The molecule has 0 atom stereocenters. The number of carboxylic acids is 1. The first-order valence-electron chi connectivity index (χ1n) is 4.08. The molecule has 0 saturated heterocycles. The third-order valence-electron chi connectivity index (χ3n) is 2.55. The maximum absolute atomic E-state index is 10.8. The van der Waals surface area contributed by atoms with Gasteiger partial charge in [0.1, 0.15) is 0 Å². The molecule has 1 aromatic carbocycles. The topological polar surface area (TPSA) is 37.3 Å². The number of benzene rings is 1. The number of allylic oxidation sites excluding steroid dienone is 2. The van der Waals surface area contributed by atoms with Crippen LogP contribution in [-0.4, -0.2) is 11.1 Å². The number of rotatable bonds is 1. The predicted octanol–water partition coefficient (Wildman–Crippen LogP) is 2.44. The summed E-state index contributed by atoms with van der Waals surface area (Å²) in [5.41, 5.74) is 4.48.